The molecule has 290 valence electrons. The van der Waals surface area contributed by atoms with Crippen LogP contribution in [0.1, 0.15) is 85.1 Å². The highest BCUT2D eigenvalue weighted by Gasteiger charge is 2.37. The van der Waals surface area contributed by atoms with Crippen LogP contribution in [0.3, 0.4) is 0 Å². The summed E-state index contributed by atoms with van der Waals surface area (Å²) in [6, 6.07) is 15.4. The van der Waals surface area contributed by atoms with Crippen LogP contribution in [-0.4, -0.2) is 70.7 Å². The second-order valence-electron chi connectivity index (χ2n) is 15.4. The van der Waals surface area contributed by atoms with Gasteiger partial charge in [-0.3, -0.25) is 14.5 Å². The number of unbranched alkanes of at least 4 members (excludes halogenated alkanes) is 4. The van der Waals surface area contributed by atoms with Crippen LogP contribution in [-0.2, 0) is 19.0 Å². The fraction of sp³-hybridized carbons (Fsp3) is 0.429. The number of halogens is 4. The van der Waals surface area contributed by atoms with Crippen LogP contribution in [0.5, 0.6) is 0 Å². The number of amides is 1. The standard InChI is InChI=1S/C42H45F4N5O4/c1-41(2)15-14-28-24-31-33(42(44,45)46)25-38(52)55-37(31)26-36(28)51(41)17-9-5-3-4-8-16-49-18-20-50(21-19-49)40(54)32-22-27(12-13-34(32)43)23-35-29-10-6-7-11-30(29)39(53)48-47-35/h6-7,10-13,22,24-26H,3-5,8-9,14-21,23H2,1-2H3,(H,48,53). The Morgan fingerprint density at radius 2 is 1.58 bits per heavy atom. The number of benzene rings is 3. The molecule has 1 fully saturated rings. The number of nitrogens with one attached hydrogen (secondary N) is 1. The van der Waals surface area contributed by atoms with Crippen molar-refractivity contribution in [1.29, 1.82) is 0 Å². The van der Waals surface area contributed by atoms with Gasteiger partial charge in [0.2, 0.25) is 0 Å². The topological polar surface area (TPSA) is 103 Å². The fourth-order valence-electron chi connectivity index (χ4n) is 8.08. The van der Waals surface area contributed by atoms with Gasteiger partial charge in [0.15, 0.2) is 0 Å². The fourth-order valence-corrected chi connectivity index (χ4v) is 8.08. The zero-order valence-electron chi connectivity index (χ0n) is 31.1. The number of aromatic nitrogens is 2. The van der Waals surface area contributed by atoms with Crippen LogP contribution < -0.4 is 16.1 Å². The molecular formula is C42H45F4N5O4. The minimum absolute atomic E-state index is 0.0339. The van der Waals surface area contributed by atoms with E-state index in [0.717, 1.165) is 73.8 Å². The van der Waals surface area contributed by atoms with E-state index >= 15 is 0 Å². The molecule has 1 N–H and O–H groups in total. The lowest BCUT2D eigenvalue weighted by Crippen LogP contribution is -2.49. The third-order valence-corrected chi connectivity index (χ3v) is 11.2. The predicted octanol–water partition coefficient (Wildman–Crippen LogP) is 7.72. The van der Waals surface area contributed by atoms with E-state index in [4.69, 9.17) is 4.42 Å². The number of hydrogen-bond acceptors (Lipinski definition) is 7. The summed E-state index contributed by atoms with van der Waals surface area (Å²) < 4.78 is 61.4. The zero-order chi connectivity index (χ0) is 38.9. The normalized spacial score (nSPS) is 16.2. The third-order valence-electron chi connectivity index (χ3n) is 11.2. The largest absolute Gasteiger partial charge is 0.423 e. The first-order valence-electron chi connectivity index (χ1n) is 19.0. The number of hydrogen-bond donors (Lipinski definition) is 1. The molecule has 2 aliphatic rings. The summed E-state index contributed by atoms with van der Waals surface area (Å²) in [5.41, 5.74) is 0.580. The highest BCUT2D eigenvalue weighted by atomic mass is 19.4. The molecule has 0 saturated carbocycles. The van der Waals surface area contributed by atoms with Gasteiger partial charge >= 0.3 is 11.8 Å². The van der Waals surface area contributed by atoms with Crippen molar-refractivity contribution in [3.05, 3.63) is 115 Å². The minimum atomic E-state index is -4.65. The number of fused-ring (bicyclic) bond motifs is 3. The number of carbonyl (C=O) groups is 1. The molecule has 2 aliphatic heterocycles. The molecule has 9 nitrogen and oxygen atoms in total. The number of aryl methyl sites for hydroxylation is 1. The number of rotatable bonds is 11. The van der Waals surface area contributed by atoms with Crippen LogP contribution in [0.15, 0.2) is 74.7 Å². The molecule has 55 heavy (non-hydrogen) atoms. The van der Waals surface area contributed by atoms with Gasteiger partial charge in [0.1, 0.15) is 11.4 Å². The molecule has 1 amide bonds. The molecule has 3 aromatic carbocycles. The van der Waals surface area contributed by atoms with Gasteiger partial charge in [-0.15, -0.1) is 0 Å². The van der Waals surface area contributed by atoms with Gasteiger partial charge in [-0.05, 0) is 81.5 Å². The third kappa shape index (κ3) is 8.31. The van der Waals surface area contributed by atoms with Gasteiger partial charge in [0.25, 0.3) is 11.5 Å². The van der Waals surface area contributed by atoms with E-state index in [1.54, 1.807) is 41.3 Å². The number of anilines is 1. The summed E-state index contributed by atoms with van der Waals surface area (Å²) in [6.45, 7) is 8.38. The molecule has 1 saturated heterocycles. The smallest absolute Gasteiger partial charge is 0.417 e. The Balaban J connectivity index is 0.869. The van der Waals surface area contributed by atoms with Crippen molar-refractivity contribution in [2.75, 3.05) is 44.2 Å². The Hall–Kier alpha value is -5.04. The van der Waals surface area contributed by atoms with Crippen LogP contribution in [0, 0.1) is 5.82 Å². The number of nitrogens with zero attached hydrogens (tertiary/aromatic N) is 4. The minimum Gasteiger partial charge on any atom is -0.423 e. The van der Waals surface area contributed by atoms with Gasteiger partial charge in [0.05, 0.1) is 22.2 Å². The van der Waals surface area contributed by atoms with Crippen LogP contribution in [0.25, 0.3) is 21.7 Å². The van der Waals surface area contributed by atoms with E-state index in [9.17, 15) is 31.9 Å². The summed E-state index contributed by atoms with van der Waals surface area (Å²) in [5, 5.41) is 7.91. The zero-order valence-corrected chi connectivity index (χ0v) is 31.1. The van der Waals surface area contributed by atoms with Crippen LogP contribution >= 0.6 is 0 Å². The quantitative estimate of drug-likeness (QED) is 0.0836. The first-order valence-corrected chi connectivity index (χ1v) is 19.0. The van der Waals surface area contributed by atoms with Crippen molar-refractivity contribution in [3.8, 4) is 0 Å². The lowest BCUT2D eigenvalue weighted by atomic mass is 9.85. The van der Waals surface area contributed by atoms with Crippen LogP contribution in [0.2, 0.25) is 0 Å². The van der Waals surface area contributed by atoms with Crippen molar-refractivity contribution in [2.24, 2.45) is 0 Å². The first kappa shape index (κ1) is 38.2. The summed E-state index contributed by atoms with van der Waals surface area (Å²) in [6.07, 6.45) is 2.17. The Bertz CT molecular complexity index is 2330. The molecule has 5 aromatic rings. The molecule has 2 aromatic heterocycles. The van der Waals surface area contributed by atoms with Crippen molar-refractivity contribution in [1.82, 2.24) is 20.0 Å². The number of aromatic amines is 1. The van der Waals surface area contributed by atoms with E-state index in [2.05, 4.69) is 33.8 Å². The Morgan fingerprint density at radius 1 is 0.873 bits per heavy atom. The summed E-state index contributed by atoms with van der Waals surface area (Å²) in [5.74, 6) is -0.897. The molecule has 0 radical (unpaired) electrons. The number of carbonyl (C=O) groups excluding carboxylic acids is 1. The summed E-state index contributed by atoms with van der Waals surface area (Å²) in [7, 11) is 0. The van der Waals surface area contributed by atoms with Crippen molar-refractivity contribution < 1.29 is 26.8 Å². The SMILES string of the molecule is CC1(C)CCc2cc3c(C(F)(F)F)cc(=O)oc3cc2N1CCCCCCCN1CCN(C(=O)c2cc(Cc3n[nH]c(=O)c4ccccc34)ccc2F)CC1. The second-order valence-corrected chi connectivity index (χ2v) is 15.4. The van der Waals surface area contributed by atoms with E-state index in [0.29, 0.717) is 56.2 Å². The molecular weight excluding hydrogens is 714 g/mol. The molecule has 0 atom stereocenters. The molecule has 4 heterocycles. The number of piperazine rings is 1. The van der Waals surface area contributed by atoms with Gasteiger partial charge in [-0.25, -0.2) is 14.3 Å². The highest BCUT2D eigenvalue weighted by molar-refractivity contribution is 5.95. The van der Waals surface area contributed by atoms with Crippen molar-refractivity contribution >= 4 is 33.3 Å². The lowest BCUT2D eigenvalue weighted by Gasteiger charge is -2.45. The maximum absolute atomic E-state index is 14.9. The van der Waals surface area contributed by atoms with Gasteiger partial charge < -0.3 is 14.2 Å². The van der Waals surface area contributed by atoms with Crippen molar-refractivity contribution in [2.45, 2.75) is 76.9 Å². The molecule has 0 spiro atoms. The lowest BCUT2D eigenvalue weighted by molar-refractivity contribution is -0.136. The monoisotopic (exact) mass is 759 g/mol. The maximum Gasteiger partial charge on any atom is 0.417 e. The first-order chi connectivity index (χ1) is 26.3. The molecule has 0 bridgehead atoms. The Labute approximate surface area is 315 Å². The number of H-pyrrole nitrogens is 1. The van der Waals surface area contributed by atoms with E-state index in [-0.39, 0.29) is 33.5 Å². The summed E-state index contributed by atoms with van der Waals surface area (Å²) in [4.78, 5) is 43.9. The molecule has 13 heteroatoms. The average molecular weight is 760 g/mol. The van der Waals surface area contributed by atoms with Gasteiger partial charge in [-0.2, -0.15) is 18.3 Å². The highest BCUT2D eigenvalue weighted by Crippen LogP contribution is 2.42. The number of alkyl halides is 3. The molecule has 0 unspecified atom stereocenters. The average Bonchev–Trinajstić information content (AvgIpc) is 3.15. The Kier molecular flexibility index (Phi) is 10.8. The van der Waals surface area contributed by atoms with E-state index < -0.39 is 23.2 Å². The van der Waals surface area contributed by atoms with Crippen LogP contribution in [0.4, 0.5) is 23.2 Å². The van der Waals surface area contributed by atoms with Crippen molar-refractivity contribution in [3.63, 3.8) is 0 Å². The van der Waals surface area contributed by atoms with Gasteiger partial charge in [-0.1, -0.05) is 43.5 Å². The Morgan fingerprint density at radius 3 is 2.33 bits per heavy atom. The summed E-state index contributed by atoms with van der Waals surface area (Å²) >= 11 is 0. The molecule has 0 aliphatic carbocycles. The van der Waals surface area contributed by atoms with E-state index in [1.165, 1.54) is 6.07 Å². The van der Waals surface area contributed by atoms with E-state index in [1.807, 2.05) is 12.1 Å². The maximum atomic E-state index is 14.9. The predicted molar refractivity (Wildman–Crippen MR) is 204 cm³/mol. The van der Waals surface area contributed by atoms with Gasteiger partial charge in [0, 0.05) is 73.3 Å². The second kappa shape index (κ2) is 15.6. The molecule has 7 rings (SSSR count).